The first-order valence-corrected chi connectivity index (χ1v) is 8.17. The van der Waals surface area contributed by atoms with E-state index >= 15 is 0 Å². The second-order valence-corrected chi connectivity index (χ2v) is 5.99. The third-order valence-corrected chi connectivity index (χ3v) is 4.27. The molecule has 0 N–H and O–H groups in total. The summed E-state index contributed by atoms with van der Waals surface area (Å²) >= 11 is 0.793. The Hall–Kier alpha value is -2.67. The first-order chi connectivity index (χ1) is 11.6. The van der Waals surface area contributed by atoms with Crippen molar-refractivity contribution >= 4 is 45.9 Å². The lowest BCUT2D eigenvalue weighted by molar-refractivity contribution is -0.145. The number of para-hydroxylation sites is 1. The highest BCUT2D eigenvalue weighted by Gasteiger charge is 2.36. The second kappa shape index (κ2) is 6.84. The zero-order chi connectivity index (χ0) is 17.1. The number of amides is 2. The molecule has 2 amide bonds. The van der Waals surface area contributed by atoms with Gasteiger partial charge >= 0.3 is 5.97 Å². The van der Waals surface area contributed by atoms with Gasteiger partial charge in [-0.25, -0.2) is 4.98 Å². The summed E-state index contributed by atoms with van der Waals surface area (Å²) in [6.45, 7) is 1.49. The van der Waals surface area contributed by atoms with Crippen LogP contribution in [0.1, 0.15) is 12.6 Å². The maximum absolute atomic E-state index is 12.3. The molecule has 2 heterocycles. The number of hydrogen-bond donors (Lipinski definition) is 0. The standard InChI is InChI=1S/C17H14N2O4S/c1-2-23-15(20)10-19-16(21)14(24-17(19)22)9-12-8-7-11-5-3-4-6-13(11)18-12/h3-9H,2,10H2,1H3. The van der Waals surface area contributed by atoms with Crippen molar-refractivity contribution in [3.63, 3.8) is 0 Å². The molecule has 24 heavy (non-hydrogen) atoms. The summed E-state index contributed by atoms with van der Waals surface area (Å²) in [5.74, 6) is -1.11. The van der Waals surface area contributed by atoms with Gasteiger partial charge < -0.3 is 4.74 Å². The number of aromatic nitrogens is 1. The van der Waals surface area contributed by atoms with E-state index in [1.165, 1.54) is 0 Å². The fourth-order valence-electron chi connectivity index (χ4n) is 2.27. The number of imide groups is 1. The van der Waals surface area contributed by atoms with Crippen LogP contribution >= 0.6 is 11.8 Å². The van der Waals surface area contributed by atoms with Crippen LogP contribution in [-0.4, -0.2) is 40.2 Å². The molecule has 0 atom stereocenters. The van der Waals surface area contributed by atoms with Gasteiger partial charge in [-0.05, 0) is 36.9 Å². The zero-order valence-electron chi connectivity index (χ0n) is 12.9. The molecule has 3 rings (SSSR count). The predicted octanol–water partition coefficient (Wildman–Crippen LogP) is 2.83. The predicted molar refractivity (Wildman–Crippen MR) is 91.1 cm³/mol. The molecule has 7 heteroatoms. The molecule has 0 radical (unpaired) electrons. The number of esters is 1. The fraction of sp³-hybridized carbons (Fsp3) is 0.176. The third-order valence-electron chi connectivity index (χ3n) is 3.37. The van der Waals surface area contributed by atoms with E-state index in [-0.39, 0.29) is 18.1 Å². The molecule has 122 valence electrons. The average molecular weight is 342 g/mol. The molecule has 1 saturated heterocycles. The molecule has 0 aliphatic carbocycles. The Labute approximate surface area is 142 Å². The van der Waals surface area contributed by atoms with Crippen LogP contribution in [0, 0.1) is 0 Å². The lowest BCUT2D eigenvalue weighted by Crippen LogP contribution is -2.34. The molecule has 0 saturated carbocycles. The summed E-state index contributed by atoms with van der Waals surface area (Å²) in [6, 6.07) is 11.3. The number of fused-ring (bicyclic) bond motifs is 1. The molecular weight excluding hydrogens is 328 g/mol. The Morgan fingerprint density at radius 2 is 2.04 bits per heavy atom. The molecule has 6 nitrogen and oxygen atoms in total. The first kappa shape index (κ1) is 16.2. The van der Waals surface area contributed by atoms with Gasteiger partial charge in [-0.3, -0.25) is 19.3 Å². The molecule has 1 aliphatic heterocycles. The lowest BCUT2D eigenvalue weighted by Gasteiger charge is -2.10. The van der Waals surface area contributed by atoms with Crippen molar-refractivity contribution in [3.8, 4) is 0 Å². The number of hydrogen-bond acceptors (Lipinski definition) is 6. The average Bonchev–Trinajstić information content (AvgIpc) is 2.82. The molecular formula is C17H14N2O4S. The minimum atomic E-state index is -0.607. The minimum Gasteiger partial charge on any atom is -0.465 e. The number of thioether (sulfide) groups is 1. The highest BCUT2D eigenvalue weighted by Crippen LogP contribution is 2.32. The van der Waals surface area contributed by atoms with Gasteiger partial charge in [-0.1, -0.05) is 24.3 Å². The highest BCUT2D eigenvalue weighted by molar-refractivity contribution is 8.18. The number of carbonyl (C=O) groups is 3. The van der Waals surface area contributed by atoms with Gasteiger partial charge in [-0.2, -0.15) is 0 Å². The van der Waals surface area contributed by atoms with Gasteiger partial charge in [-0.15, -0.1) is 0 Å². The Kier molecular flexibility index (Phi) is 4.61. The maximum Gasteiger partial charge on any atom is 0.326 e. The lowest BCUT2D eigenvalue weighted by atomic mass is 10.2. The van der Waals surface area contributed by atoms with E-state index < -0.39 is 17.1 Å². The molecule has 1 aliphatic rings. The van der Waals surface area contributed by atoms with Crippen LogP contribution in [-0.2, 0) is 14.3 Å². The Morgan fingerprint density at radius 3 is 2.83 bits per heavy atom. The summed E-state index contributed by atoms with van der Waals surface area (Å²) in [5.41, 5.74) is 1.38. The van der Waals surface area contributed by atoms with Gasteiger partial charge in [0.05, 0.1) is 22.7 Å². The van der Waals surface area contributed by atoms with E-state index in [0.29, 0.717) is 5.69 Å². The van der Waals surface area contributed by atoms with Crippen LogP contribution in [0.3, 0.4) is 0 Å². The van der Waals surface area contributed by atoms with E-state index in [1.807, 2.05) is 30.3 Å². The number of pyridine rings is 1. The van der Waals surface area contributed by atoms with Crippen LogP contribution in [0.15, 0.2) is 41.3 Å². The van der Waals surface area contributed by atoms with Crippen LogP contribution in [0.4, 0.5) is 4.79 Å². The molecule has 0 bridgehead atoms. The van der Waals surface area contributed by atoms with Crippen molar-refractivity contribution in [1.29, 1.82) is 0 Å². The molecule has 2 aromatic rings. The first-order valence-electron chi connectivity index (χ1n) is 7.35. The van der Waals surface area contributed by atoms with Crippen molar-refractivity contribution in [3.05, 3.63) is 47.0 Å². The van der Waals surface area contributed by atoms with Gasteiger partial charge in [0.25, 0.3) is 11.1 Å². The van der Waals surface area contributed by atoms with Crippen molar-refractivity contribution in [2.24, 2.45) is 0 Å². The summed E-state index contributed by atoms with van der Waals surface area (Å²) in [7, 11) is 0. The van der Waals surface area contributed by atoms with Crippen molar-refractivity contribution in [2.45, 2.75) is 6.92 Å². The molecule has 1 fully saturated rings. The summed E-state index contributed by atoms with van der Waals surface area (Å²) in [5, 5.41) is 0.505. The number of nitrogens with zero attached hydrogens (tertiary/aromatic N) is 2. The van der Waals surface area contributed by atoms with Crippen molar-refractivity contribution in [2.75, 3.05) is 13.2 Å². The maximum atomic E-state index is 12.3. The van der Waals surface area contributed by atoms with Gasteiger partial charge in [0.1, 0.15) is 6.54 Å². The van der Waals surface area contributed by atoms with Crippen LogP contribution in [0.2, 0.25) is 0 Å². The van der Waals surface area contributed by atoms with E-state index in [4.69, 9.17) is 4.74 Å². The Morgan fingerprint density at radius 1 is 1.25 bits per heavy atom. The minimum absolute atomic E-state index is 0.200. The summed E-state index contributed by atoms with van der Waals surface area (Å²) in [6.07, 6.45) is 1.56. The van der Waals surface area contributed by atoms with E-state index in [2.05, 4.69) is 4.98 Å². The molecule has 1 aromatic heterocycles. The topological polar surface area (TPSA) is 76.6 Å². The Bertz CT molecular complexity index is 863. The van der Waals surface area contributed by atoms with Crippen LogP contribution < -0.4 is 0 Å². The Balaban J connectivity index is 1.83. The van der Waals surface area contributed by atoms with Gasteiger partial charge in [0.15, 0.2) is 0 Å². The van der Waals surface area contributed by atoms with E-state index in [9.17, 15) is 14.4 Å². The molecule has 0 spiro atoms. The van der Waals surface area contributed by atoms with Crippen LogP contribution in [0.25, 0.3) is 17.0 Å². The van der Waals surface area contributed by atoms with Gasteiger partial charge in [0.2, 0.25) is 0 Å². The van der Waals surface area contributed by atoms with Gasteiger partial charge in [0, 0.05) is 5.39 Å². The third kappa shape index (κ3) is 3.30. The highest BCUT2D eigenvalue weighted by atomic mass is 32.2. The van der Waals surface area contributed by atoms with E-state index in [1.54, 1.807) is 19.1 Å². The van der Waals surface area contributed by atoms with E-state index in [0.717, 1.165) is 27.6 Å². The summed E-state index contributed by atoms with van der Waals surface area (Å²) < 4.78 is 4.78. The molecule has 0 unspecified atom stereocenters. The normalized spacial score (nSPS) is 16.2. The summed E-state index contributed by atoms with van der Waals surface area (Å²) in [4.78, 5) is 41.3. The van der Waals surface area contributed by atoms with Crippen molar-refractivity contribution in [1.82, 2.24) is 9.88 Å². The largest absolute Gasteiger partial charge is 0.465 e. The molecule has 1 aromatic carbocycles. The monoisotopic (exact) mass is 342 g/mol. The fourth-order valence-corrected chi connectivity index (χ4v) is 3.09. The number of carbonyl (C=O) groups excluding carboxylic acids is 3. The quantitative estimate of drug-likeness (QED) is 0.628. The zero-order valence-corrected chi connectivity index (χ0v) is 13.7. The van der Waals surface area contributed by atoms with Crippen molar-refractivity contribution < 1.29 is 19.1 Å². The number of rotatable bonds is 4. The number of benzene rings is 1. The number of ether oxygens (including phenoxy) is 1. The van der Waals surface area contributed by atoms with Crippen LogP contribution in [0.5, 0.6) is 0 Å². The SMILES string of the molecule is CCOC(=O)CN1C(=O)SC(=Cc2ccc3ccccc3n2)C1=O. The second-order valence-electron chi connectivity index (χ2n) is 5.00. The smallest absolute Gasteiger partial charge is 0.326 e.